The molecule has 26 heavy (non-hydrogen) atoms. The van der Waals surface area contributed by atoms with Crippen LogP contribution in [0, 0.1) is 0 Å². The predicted molar refractivity (Wildman–Crippen MR) is 95.6 cm³/mol. The van der Waals surface area contributed by atoms with Crippen LogP contribution in [-0.4, -0.2) is 38.8 Å². The van der Waals surface area contributed by atoms with Crippen molar-refractivity contribution < 1.29 is 22.7 Å². The fraction of sp³-hybridized carbons (Fsp3) is 0.111. The third-order valence-electron chi connectivity index (χ3n) is 3.87. The van der Waals surface area contributed by atoms with Crippen LogP contribution < -0.4 is 4.72 Å². The van der Waals surface area contributed by atoms with Crippen LogP contribution in [0.4, 0.5) is 0 Å². The SMILES string of the molecule is CNS(=O)(=O)c1cccc(C(=O)OCC(=O)c2c[nH]c3ccccc23)c1. The van der Waals surface area contributed by atoms with Crippen molar-refractivity contribution >= 4 is 32.7 Å². The number of H-pyrrole nitrogens is 1. The van der Waals surface area contributed by atoms with E-state index < -0.39 is 22.6 Å². The largest absolute Gasteiger partial charge is 0.454 e. The lowest BCUT2D eigenvalue weighted by atomic mass is 10.1. The lowest BCUT2D eigenvalue weighted by Gasteiger charge is -2.06. The summed E-state index contributed by atoms with van der Waals surface area (Å²) in [5, 5.41) is 0.746. The molecular formula is C18H16N2O5S. The van der Waals surface area contributed by atoms with Gasteiger partial charge >= 0.3 is 5.97 Å². The van der Waals surface area contributed by atoms with E-state index in [9.17, 15) is 18.0 Å². The summed E-state index contributed by atoms with van der Waals surface area (Å²) in [6.07, 6.45) is 1.57. The van der Waals surface area contributed by atoms with Crippen LogP contribution in [0.5, 0.6) is 0 Å². The minimum atomic E-state index is -3.67. The summed E-state index contributed by atoms with van der Waals surface area (Å²) >= 11 is 0. The van der Waals surface area contributed by atoms with Crippen molar-refractivity contribution in [1.29, 1.82) is 0 Å². The molecule has 3 rings (SSSR count). The lowest BCUT2D eigenvalue weighted by Crippen LogP contribution is -2.19. The summed E-state index contributed by atoms with van der Waals surface area (Å²) in [5.74, 6) is -1.12. The number of fused-ring (bicyclic) bond motifs is 1. The van der Waals surface area contributed by atoms with Gasteiger partial charge in [-0.2, -0.15) is 0 Å². The number of Topliss-reactive ketones (excluding diaryl/α,β-unsaturated/α-hetero) is 1. The van der Waals surface area contributed by atoms with E-state index in [-0.39, 0.29) is 16.2 Å². The maximum Gasteiger partial charge on any atom is 0.338 e. The minimum absolute atomic E-state index is 0.0491. The number of esters is 1. The number of ketones is 1. The number of rotatable bonds is 6. The third kappa shape index (κ3) is 3.51. The fourth-order valence-corrected chi connectivity index (χ4v) is 3.28. The number of sulfonamides is 1. The number of hydrogen-bond acceptors (Lipinski definition) is 5. The Morgan fingerprint density at radius 1 is 1.12 bits per heavy atom. The number of ether oxygens (including phenoxy) is 1. The van der Waals surface area contributed by atoms with Crippen molar-refractivity contribution in [1.82, 2.24) is 9.71 Å². The summed E-state index contributed by atoms with van der Waals surface area (Å²) in [6, 6.07) is 12.7. The van der Waals surface area contributed by atoms with Gasteiger partial charge in [0.05, 0.1) is 10.5 Å². The molecule has 0 saturated heterocycles. The van der Waals surface area contributed by atoms with E-state index in [2.05, 4.69) is 9.71 Å². The quantitative estimate of drug-likeness (QED) is 0.509. The second-order valence-corrected chi connectivity index (χ2v) is 7.37. The normalized spacial score (nSPS) is 11.4. The van der Waals surface area contributed by atoms with Gasteiger partial charge in [0.1, 0.15) is 0 Å². The van der Waals surface area contributed by atoms with Gasteiger partial charge in [-0.05, 0) is 31.3 Å². The van der Waals surface area contributed by atoms with Gasteiger partial charge in [0.2, 0.25) is 15.8 Å². The molecule has 0 radical (unpaired) electrons. The first kappa shape index (κ1) is 17.8. The topological polar surface area (TPSA) is 105 Å². The zero-order chi connectivity index (χ0) is 18.7. The first-order valence-electron chi connectivity index (χ1n) is 7.72. The number of carbonyl (C=O) groups is 2. The number of nitrogens with one attached hydrogen (secondary N) is 2. The van der Waals surface area contributed by atoms with Crippen LogP contribution in [-0.2, 0) is 14.8 Å². The van der Waals surface area contributed by atoms with Crippen LogP contribution in [0.2, 0.25) is 0 Å². The van der Waals surface area contributed by atoms with Gasteiger partial charge in [-0.15, -0.1) is 0 Å². The van der Waals surface area contributed by atoms with Crippen molar-refractivity contribution in [2.75, 3.05) is 13.7 Å². The van der Waals surface area contributed by atoms with Gasteiger partial charge in [0.25, 0.3) is 0 Å². The van der Waals surface area contributed by atoms with Crippen molar-refractivity contribution in [3.05, 3.63) is 65.9 Å². The Morgan fingerprint density at radius 2 is 1.88 bits per heavy atom. The molecule has 1 aromatic heterocycles. The van der Waals surface area contributed by atoms with E-state index >= 15 is 0 Å². The fourth-order valence-electron chi connectivity index (χ4n) is 2.50. The highest BCUT2D eigenvalue weighted by molar-refractivity contribution is 7.89. The second kappa shape index (κ2) is 7.11. The number of hydrogen-bond donors (Lipinski definition) is 2. The Bertz CT molecular complexity index is 1090. The Hall–Kier alpha value is -2.97. The molecule has 0 aliphatic carbocycles. The molecule has 0 amide bonds. The average Bonchev–Trinajstić information content (AvgIpc) is 3.10. The van der Waals surface area contributed by atoms with Gasteiger partial charge < -0.3 is 9.72 Å². The Balaban J connectivity index is 1.73. The highest BCUT2D eigenvalue weighted by atomic mass is 32.2. The number of aromatic amines is 1. The van der Waals surface area contributed by atoms with Crippen LogP contribution in [0.15, 0.2) is 59.6 Å². The summed E-state index contributed by atoms with van der Waals surface area (Å²) in [5.41, 5.74) is 1.29. The molecule has 0 aliphatic rings. The molecular weight excluding hydrogens is 356 g/mol. The first-order valence-corrected chi connectivity index (χ1v) is 9.21. The molecule has 2 aromatic carbocycles. The van der Waals surface area contributed by atoms with Gasteiger partial charge in [-0.3, -0.25) is 4.79 Å². The highest BCUT2D eigenvalue weighted by Crippen LogP contribution is 2.18. The highest BCUT2D eigenvalue weighted by Gasteiger charge is 2.17. The summed E-state index contributed by atoms with van der Waals surface area (Å²) in [6.45, 7) is -0.441. The number of carbonyl (C=O) groups excluding carboxylic acids is 2. The minimum Gasteiger partial charge on any atom is -0.454 e. The summed E-state index contributed by atoms with van der Waals surface area (Å²) in [4.78, 5) is 27.4. The van der Waals surface area contributed by atoms with Gasteiger partial charge in [0.15, 0.2) is 6.61 Å². The van der Waals surface area contributed by atoms with Crippen LogP contribution in [0.25, 0.3) is 10.9 Å². The molecule has 0 unspecified atom stereocenters. The standard InChI is InChI=1S/C18H16N2O5S/c1-19-26(23,24)13-6-4-5-12(9-13)18(22)25-11-17(21)15-10-20-16-8-3-2-7-14(15)16/h2-10,19-20H,11H2,1H3. The van der Waals surface area contributed by atoms with Crippen molar-refractivity contribution in [2.24, 2.45) is 0 Å². The molecule has 1 heterocycles. The summed E-state index contributed by atoms with van der Waals surface area (Å²) in [7, 11) is -2.40. The molecule has 0 fully saturated rings. The Kier molecular flexibility index (Phi) is 4.88. The molecule has 0 aliphatic heterocycles. The molecule has 8 heteroatoms. The second-order valence-electron chi connectivity index (χ2n) is 5.48. The molecule has 134 valence electrons. The maximum absolute atomic E-state index is 12.3. The van der Waals surface area contributed by atoms with Gasteiger partial charge in [-0.1, -0.05) is 24.3 Å². The van der Waals surface area contributed by atoms with E-state index in [1.807, 2.05) is 18.2 Å². The molecule has 0 bridgehead atoms. The average molecular weight is 372 g/mol. The molecule has 0 spiro atoms. The summed E-state index contributed by atoms with van der Waals surface area (Å²) < 4.78 is 30.8. The van der Waals surface area contributed by atoms with Gasteiger partial charge in [-0.25, -0.2) is 17.9 Å². The van der Waals surface area contributed by atoms with Gasteiger partial charge in [0, 0.05) is 22.7 Å². The maximum atomic E-state index is 12.3. The predicted octanol–water partition coefficient (Wildman–Crippen LogP) is 2.12. The zero-order valence-electron chi connectivity index (χ0n) is 13.9. The van der Waals surface area contributed by atoms with Crippen molar-refractivity contribution in [3.63, 3.8) is 0 Å². The number of para-hydroxylation sites is 1. The van der Waals surface area contributed by atoms with E-state index in [1.54, 1.807) is 12.3 Å². The van der Waals surface area contributed by atoms with Crippen molar-refractivity contribution in [3.8, 4) is 0 Å². The number of benzene rings is 2. The Labute approximate surface area is 150 Å². The van der Waals surface area contributed by atoms with E-state index in [0.29, 0.717) is 5.56 Å². The van der Waals surface area contributed by atoms with E-state index in [1.165, 1.54) is 31.3 Å². The molecule has 0 saturated carbocycles. The van der Waals surface area contributed by atoms with Crippen LogP contribution >= 0.6 is 0 Å². The van der Waals surface area contributed by atoms with E-state index in [0.717, 1.165) is 10.9 Å². The molecule has 2 N–H and O–H groups in total. The first-order chi connectivity index (χ1) is 12.4. The van der Waals surface area contributed by atoms with Crippen molar-refractivity contribution in [2.45, 2.75) is 4.90 Å². The smallest absolute Gasteiger partial charge is 0.338 e. The monoisotopic (exact) mass is 372 g/mol. The lowest BCUT2D eigenvalue weighted by molar-refractivity contribution is 0.0475. The molecule has 0 atom stereocenters. The van der Waals surface area contributed by atoms with E-state index in [4.69, 9.17) is 4.74 Å². The Morgan fingerprint density at radius 3 is 2.65 bits per heavy atom. The van der Waals surface area contributed by atoms with Crippen LogP contribution in [0.1, 0.15) is 20.7 Å². The zero-order valence-corrected chi connectivity index (χ0v) is 14.7. The molecule has 7 nitrogen and oxygen atoms in total. The number of aromatic nitrogens is 1. The molecule has 3 aromatic rings. The third-order valence-corrected chi connectivity index (χ3v) is 5.28. The van der Waals surface area contributed by atoms with Crippen LogP contribution in [0.3, 0.4) is 0 Å².